The lowest BCUT2D eigenvalue weighted by Crippen LogP contribution is -2.21. The maximum atomic E-state index is 11.9. The van der Waals surface area contributed by atoms with E-state index in [0.29, 0.717) is 28.2 Å². The molecule has 0 bridgehead atoms. The molecule has 10 nitrogen and oxygen atoms in total. The van der Waals surface area contributed by atoms with Crippen molar-refractivity contribution in [3.8, 4) is 11.3 Å². The maximum Gasteiger partial charge on any atom is 0.490 e. The van der Waals surface area contributed by atoms with Crippen LogP contribution in [0.4, 0.5) is 18.9 Å². The van der Waals surface area contributed by atoms with Crippen molar-refractivity contribution in [1.29, 1.82) is 5.41 Å². The first-order chi connectivity index (χ1) is 19.4. The highest BCUT2D eigenvalue weighted by Gasteiger charge is 2.38. The zero-order chi connectivity index (χ0) is 30.2. The van der Waals surface area contributed by atoms with Crippen LogP contribution in [0.15, 0.2) is 79.0 Å². The number of anilines is 1. The quantitative estimate of drug-likeness (QED) is 0.0900. The summed E-state index contributed by atoms with van der Waals surface area (Å²) in [6, 6.07) is 22.3. The Kier molecular flexibility index (Phi) is 9.82. The van der Waals surface area contributed by atoms with E-state index in [1.165, 1.54) is 5.56 Å². The number of amides is 1. The summed E-state index contributed by atoms with van der Waals surface area (Å²) in [5, 5.41) is 27.3. The minimum Gasteiger partial charge on any atom is -0.475 e. The second kappa shape index (κ2) is 13.3. The highest BCUT2D eigenvalue weighted by molar-refractivity contribution is 5.99. The van der Waals surface area contributed by atoms with Gasteiger partial charge in [0.05, 0.1) is 5.69 Å². The number of aromatic amines is 1. The molecule has 1 atom stereocenters. The molecule has 0 aliphatic carbocycles. The summed E-state index contributed by atoms with van der Waals surface area (Å²) in [5.41, 5.74) is 12.7. The van der Waals surface area contributed by atoms with Crippen molar-refractivity contribution in [2.24, 2.45) is 5.73 Å². The van der Waals surface area contributed by atoms with E-state index < -0.39 is 18.1 Å². The Balaban J connectivity index is 0.000000587. The van der Waals surface area contributed by atoms with Crippen LogP contribution in [0.5, 0.6) is 0 Å². The minimum absolute atomic E-state index is 0.0810. The maximum absolute atomic E-state index is 11.9. The van der Waals surface area contributed by atoms with Crippen LogP contribution in [-0.4, -0.2) is 44.2 Å². The molecule has 41 heavy (non-hydrogen) atoms. The number of carbonyl (C=O) groups excluding carboxylic acids is 1. The molecule has 0 fully saturated rings. The number of carboxylic acids is 1. The van der Waals surface area contributed by atoms with Gasteiger partial charge in [0.1, 0.15) is 17.7 Å². The van der Waals surface area contributed by atoms with Gasteiger partial charge in [-0.05, 0) is 47.9 Å². The zero-order valence-corrected chi connectivity index (χ0v) is 21.7. The fourth-order valence-electron chi connectivity index (χ4n) is 3.81. The number of hydrogen-bond donors (Lipinski definition) is 7. The summed E-state index contributed by atoms with van der Waals surface area (Å²) in [7, 11) is 0. The third-order valence-electron chi connectivity index (χ3n) is 5.87. The number of aromatic nitrogens is 2. The van der Waals surface area contributed by atoms with Crippen LogP contribution >= 0.6 is 0 Å². The van der Waals surface area contributed by atoms with Crippen molar-refractivity contribution in [3.05, 3.63) is 107 Å². The van der Waals surface area contributed by atoms with E-state index >= 15 is 0 Å². The normalized spacial score (nSPS) is 11.5. The van der Waals surface area contributed by atoms with Gasteiger partial charge in [-0.3, -0.25) is 20.9 Å². The minimum atomic E-state index is -5.08. The molecule has 0 saturated carbocycles. The first-order valence-corrected chi connectivity index (χ1v) is 12.1. The van der Waals surface area contributed by atoms with Gasteiger partial charge in [0.15, 0.2) is 0 Å². The molecule has 1 unspecified atom stereocenters. The summed E-state index contributed by atoms with van der Waals surface area (Å²) in [4.78, 5) is 28.9. The number of aryl methyl sites for hydroxylation is 1. The van der Waals surface area contributed by atoms with Gasteiger partial charge in [-0.2, -0.15) is 13.2 Å². The molecule has 13 heteroatoms. The number of nitrogens with two attached hydrogens (primary N) is 1. The number of nitrogens with one attached hydrogen (secondary N) is 4. The Morgan fingerprint density at radius 3 is 2.32 bits per heavy atom. The number of hydrogen-bond acceptors (Lipinski definition) is 6. The number of carbonyl (C=O) groups is 2. The van der Waals surface area contributed by atoms with Gasteiger partial charge in [0.2, 0.25) is 5.91 Å². The lowest BCUT2D eigenvalue weighted by molar-refractivity contribution is -0.192. The van der Waals surface area contributed by atoms with Crippen LogP contribution in [0.2, 0.25) is 0 Å². The van der Waals surface area contributed by atoms with Gasteiger partial charge in [0, 0.05) is 28.6 Å². The predicted molar refractivity (Wildman–Crippen MR) is 146 cm³/mol. The molecule has 0 aliphatic heterocycles. The molecule has 214 valence electrons. The fourth-order valence-corrected chi connectivity index (χ4v) is 3.81. The van der Waals surface area contributed by atoms with E-state index in [-0.39, 0.29) is 11.9 Å². The third kappa shape index (κ3) is 7.92. The number of nitrogens with zero attached hydrogens (tertiary/aromatic N) is 1. The molecule has 1 aromatic heterocycles. The first kappa shape index (κ1) is 30.4. The Morgan fingerprint density at radius 1 is 1.07 bits per heavy atom. The number of aliphatic carboxylic acids is 1. The van der Waals surface area contributed by atoms with Gasteiger partial charge in [-0.15, -0.1) is 0 Å². The lowest BCUT2D eigenvalue weighted by atomic mass is 10.0. The van der Waals surface area contributed by atoms with E-state index in [2.05, 4.69) is 29.4 Å². The number of H-pyrrole nitrogens is 1. The molecule has 0 spiro atoms. The Hall–Kier alpha value is -5.17. The number of imidazole rings is 1. The van der Waals surface area contributed by atoms with Gasteiger partial charge >= 0.3 is 12.1 Å². The monoisotopic (exact) mass is 568 g/mol. The molecule has 4 aromatic rings. The van der Waals surface area contributed by atoms with Crippen LogP contribution in [0, 0.1) is 5.41 Å². The molecule has 1 heterocycles. The van der Waals surface area contributed by atoms with Gasteiger partial charge in [-0.25, -0.2) is 9.78 Å². The van der Waals surface area contributed by atoms with Crippen molar-refractivity contribution < 1.29 is 33.1 Å². The SMILES string of the molecule is CCc1cccc(C(Nc2ccc(C(=N)NO)cc2)c2nc(-c3ccccc3C(N)=O)c[nH]2)c1.O=C(O)C(F)(F)F. The zero-order valence-electron chi connectivity index (χ0n) is 21.7. The highest BCUT2D eigenvalue weighted by atomic mass is 19.4. The second-order valence-electron chi connectivity index (χ2n) is 8.62. The molecule has 3 aromatic carbocycles. The van der Waals surface area contributed by atoms with E-state index in [0.717, 1.165) is 17.7 Å². The largest absolute Gasteiger partial charge is 0.490 e. The molecule has 1 amide bonds. The Labute approximate surface area is 232 Å². The van der Waals surface area contributed by atoms with Crippen molar-refractivity contribution in [3.63, 3.8) is 0 Å². The van der Waals surface area contributed by atoms with Gasteiger partial charge in [-0.1, -0.05) is 49.4 Å². The summed E-state index contributed by atoms with van der Waals surface area (Å²) < 4.78 is 31.7. The number of primary amides is 1. The average Bonchev–Trinajstić information content (AvgIpc) is 3.45. The van der Waals surface area contributed by atoms with Crippen LogP contribution in [0.1, 0.15) is 45.8 Å². The summed E-state index contributed by atoms with van der Waals surface area (Å²) in [5.74, 6) is -2.67. The van der Waals surface area contributed by atoms with Crippen LogP contribution in [-0.2, 0) is 11.2 Å². The number of alkyl halides is 3. The molecule has 8 N–H and O–H groups in total. The number of benzene rings is 3. The van der Waals surface area contributed by atoms with E-state index in [1.807, 2.05) is 41.9 Å². The highest BCUT2D eigenvalue weighted by Crippen LogP contribution is 2.29. The number of carboxylic acid groups (broad SMARTS) is 1. The Morgan fingerprint density at radius 2 is 1.73 bits per heavy atom. The smallest absolute Gasteiger partial charge is 0.475 e. The van der Waals surface area contributed by atoms with Gasteiger partial charge in [0.25, 0.3) is 0 Å². The summed E-state index contributed by atoms with van der Waals surface area (Å²) in [6.07, 6.45) is -2.41. The van der Waals surface area contributed by atoms with Gasteiger partial charge < -0.3 is 21.1 Å². The molecule has 0 saturated heterocycles. The van der Waals surface area contributed by atoms with Crippen molar-refractivity contribution in [1.82, 2.24) is 15.4 Å². The summed E-state index contributed by atoms with van der Waals surface area (Å²) in [6.45, 7) is 2.11. The number of rotatable bonds is 8. The number of amidine groups is 1. The lowest BCUT2D eigenvalue weighted by Gasteiger charge is -2.19. The van der Waals surface area contributed by atoms with Crippen LogP contribution < -0.4 is 16.5 Å². The van der Waals surface area contributed by atoms with E-state index in [1.54, 1.807) is 30.5 Å². The number of halogens is 3. The Bertz CT molecular complexity index is 1520. The van der Waals surface area contributed by atoms with Crippen molar-refractivity contribution >= 4 is 23.4 Å². The standard InChI is InChI=1S/C26H26N6O2.C2HF3O2/c1-2-16-6-5-7-18(14-16)23(30-19-12-10-17(11-13-19)24(27)32-34)26-29-15-22(31-26)20-8-3-4-9-21(20)25(28)33;3-2(4,5)1(6)7/h3-15,23,30,34H,2H2,1H3,(H2,27,32)(H2,28,33)(H,29,31);(H,6,7). The average molecular weight is 569 g/mol. The third-order valence-corrected chi connectivity index (χ3v) is 5.87. The van der Waals surface area contributed by atoms with Crippen molar-refractivity contribution in [2.75, 3.05) is 5.32 Å². The first-order valence-electron chi connectivity index (χ1n) is 12.1. The molecule has 0 aliphatic rings. The fraction of sp³-hybridized carbons (Fsp3) is 0.143. The van der Waals surface area contributed by atoms with E-state index in [9.17, 15) is 18.0 Å². The second-order valence-corrected chi connectivity index (χ2v) is 8.62. The summed E-state index contributed by atoms with van der Waals surface area (Å²) >= 11 is 0. The van der Waals surface area contributed by atoms with Crippen LogP contribution in [0.3, 0.4) is 0 Å². The molecule has 4 rings (SSSR count). The van der Waals surface area contributed by atoms with E-state index in [4.69, 9.17) is 31.2 Å². The topological polar surface area (TPSA) is 177 Å². The van der Waals surface area contributed by atoms with Crippen molar-refractivity contribution in [2.45, 2.75) is 25.6 Å². The molecular weight excluding hydrogens is 541 g/mol. The predicted octanol–water partition coefficient (Wildman–Crippen LogP) is 4.88. The number of hydroxylamine groups is 1. The molecular formula is C28H27F3N6O4. The van der Waals surface area contributed by atoms with Crippen LogP contribution in [0.25, 0.3) is 11.3 Å². The molecule has 0 radical (unpaired) electrons.